The van der Waals surface area contributed by atoms with Crippen LogP contribution in [0.4, 0.5) is 0 Å². The molecule has 156 valence electrons. The van der Waals surface area contributed by atoms with E-state index >= 15 is 0 Å². The van der Waals surface area contributed by atoms with Crippen molar-refractivity contribution in [3.8, 4) is 0 Å². The van der Waals surface area contributed by atoms with Crippen molar-refractivity contribution in [2.75, 3.05) is 13.2 Å². The first-order valence-electron chi connectivity index (χ1n) is 10.8. The molecular formula is C25H34O3Si. The van der Waals surface area contributed by atoms with Crippen LogP contribution in [-0.2, 0) is 14.0 Å². The van der Waals surface area contributed by atoms with Crippen molar-refractivity contribution in [3.63, 3.8) is 0 Å². The van der Waals surface area contributed by atoms with Crippen LogP contribution in [0.5, 0.6) is 0 Å². The fourth-order valence-electron chi connectivity index (χ4n) is 4.62. The van der Waals surface area contributed by atoms with Crippen molar-refractivity contribution in [2.24, 2.45) is 11.8 Å². The van der Waals surface area contributed by atoms with Crippen LogP contribution in [0.3, 0.4) is 0 Å². The summed E-state index contributed by atoms with van der Waals surface area (Å²) < 4.78 is 12.1. The molecule has 0 aromatic heterocycles. The number of hydrogen-bond donors (Lipinski definition) is 0. The minimum absolute atomic E-state index is 0.00339. The average Bonchev–Trinajstić information content (AvgIpc) is 3.14. The molecule has 0 amide bonds. The Labute approximate surface area is 176 Å². The summed E-state index contributed by atoms with van der Waals surface area (Å²) >= 11 is 0. The van der Waals surface area contributed by atoms with Gasteiger partial charge in [0.1, 0.15) is 0 Å². The number of carbonyl (C=O) groups excluding carboxylic acids is 1. The molecule has 0 spiro atoms. The minimum atomic E-state index is -2.46. The maximum Gasteiger partial charge on any atom is 0.309 e. The number of esters is 1. The van der Waals surface area contributed by atoms with E-state index < -0.39 is 8.32 Å². The number of hydrogen-bond acceptors (Lipinski definition) is 3. The Hall–Kier alpha value is -1.91. The van der Waals surface area contributed by atoms with Crippen molar-refractivity contribution < 1.29 is 14.0 Å². The molecular weight excluding hydrogens is 376 g/mol. The molecule has 0 radical (unpaired) electrons. The van der Waals surface area contributed by atoms with Gasteiger partial charge in [-0.05, 0) is 40.6 Å². The smallest absolute Gasteiger partial charge is 0.309 e. The van der Waals surface area contributed by atoms with E-state index in [2.05, 4.69) is 88.4 Å². The zero-order valence-corrected chi connectivity index (χ0v) is 19.2. The third-order valence-electron chi connectivity index (χ3n) is 6.20. The van der Waals surface area contributed by atoms with E-state index in [-0.39, 0.29) is 16.9 Å². The highest BCUT2D eigenvalue weighted by molar-refractivity contribution is 6.99. The van der Waals surface area contributed by atoms with Crippen molar-refractivity contribution in [1.29, 1.82) is 0 Å². The van der Waals surface area contributed by atoms with E-state index in [1.54, 1.807) is 0 Å². The predicted molar refractivity (Wildman–Crippen MR) is 121 cm³/mol. The van der Waals surface area contributed by atoms with Crippen molar-refractivity contribution in [3.05, 3.63) is 60.7 Å². The lowest BCUT2D eigenvalue weighted by atomic mass is 9.89. The van der Waals surface area contributed by atoms with Gasteiger partial charge in [0.2, 0.25) is 0 Å². The number of ether oxygens (including phenoxy) is 1. The molecule has 0 N–H and O–H groups in total. The van der Waals surface area contributed by atoms with Gasteiger partial charge in [0.05, 0.1) is 12.5 Å². The highest BCUT2D eigenvalue weighted by Gasteiger charge is 2.50. The van der Waals surface area contributed by atoms with Gasteiger partial charge in [0.25, 0.3) is 8.32 Å². The molecule has 1 saturated heterocycles. The summed E-state index contributed by atoms with van der Waals surface area (Å²) in [7, 11) is -2.46. The maximum absolute atomic E-state index is 11.9. The molecule has 1 fully saturated rings. The second kappa shape index (κ2) is 9.27. The molecule has 2 aromatic rings. The van der Waals surface area contributed by atoms with Gasteiger partial charge in [-0.15, -0.1) is 0 Å². The van der Waals surface area contributed by atoms with Gasteiger partial charge in [0.15, 0.2) is 0 Å². The Morgan fingerprint density at radius 2 is 1.59 bits per heavy atom. The lowest BCUT2D eigenvalue weighted by Crippen LogP contribution is -2.66. The molecule has 2 aromatic carbocycles. The Morgan fingerprint density at radius 1 is 1.03 bits per heavy atom. The highest BCUT2D eigenvalue weighted by Crippen LogP contribution is 2.37. The monoisotopic (exact) mass is 410 g/mol. The van der Waals surface area contributed by atoms with E-state index in [4.69, 9.17) is 9.16 Å². The summed E-state index contributed by atoms with van der Waals surface area (Å²) in [5.74, 6) is 0.376. The number of benzene rings is 2. The van der Waals surface area contributed by atoms with Crippen LogP contribution in [-0.4, -0.2) is 27.5 Å². The normalized spacial score (nSPS) is 18.5. The van der Waals surface area contributed by atoms with Crippen LogP contribution >= 0.6 is 0 Å². The maximum atomic E-state index is 11.9. The third-order valence-corrected chi connectivity index (χ3v) is 11.2. The second-order valence-corrected chi connectivity index (χ2v) is 13.5. The van der Waals surface area contributed by atoms with Crippen LogP contribution in [0.15, 0.2) is 60.7 Å². The fourth-order valence-corrected chi connectivity index (χ4v) is 9.23. The number of carbonyl (C=O) groups is 1. The van der Waals surface area contributed by atoms with Crippen molar-refractivity contribution in [2.45, 2.75) is 52.0 Å². The summed E-state index contributed by atoms with van der Waals surface area (Å²) in [5.41, 5.74) is 0. The zero-order valence-electron chi connectivity index (χ0n) is 18.2. The molecule has 4 heteroatoms. The van der Waals surface area contributed by atoms with Crippen molar-refractivity contribution >= 4 is 24.7 Å². The van der Waals surface area contributed by atoms with E-state index in [1.807, 2.05) is 0 Å². The van der Waals surface area contributed by atoms with E-state index in [1.165, 1.54) is 10.4 Å². The van der Waals surface area contributed by atoms with Crippen LogP contribution < -0.4 is 10.4 Å². The summed E-state index contributed by atoms with van der Waals surface area (Å²) in [6.07, 6.45) is 2.79. The van der Waals surface area contributed by atoms with Gasteiger partial charge in [-0.3, -0.25) is 4.79 Å². The van der Waals surface area contributed by atoms with Gasteiger partial charge in [-0.1, -0.05) is 88.4 Å². The molecule has 1 aliphatic heterocycles. The van der Waals surface area contributed by atoms with Gasteiger partial charge in [-0.2, -0.15) is 0 Å². The first-order chi connectivity index (χ1) is 13.9. The standard InChI is InChI=1S/C25H34O3Si/c1-20(23-17-19-27-24(23)26)12-11-18-28-29(25(2,3)4,21-13-7-5-8-14-21)22-15-9-6-10-16-22/h5-10,13-16,20,23H,11-12,17-19H2,1-4H3/t20-,23+/m1/s1. The molecule has 2 atom stereocenters. The molecule has 0 bridgehead atoms. The molecule has 3 nitrogen and oxygen atoms in total. The van der Waals surface area contributed by atoms with Crippen LogP contribution in [0.2, 0.25) is 5.04 Å². The molecule has 0 aliphatic carbocycles. The quantitative estimate of drug-likeness (QED) is 0.364. The average molecular weight is 411 g/mol. The first-order valence-corrected chi connectivity index (χ1v) is 12.7. The SMILES string of the molecule is C[C@H](CCCO[Si](c1ccccc1)(c1ccccc1)C(C)(C)C)[C@@H]1CCOC1=O. The number of cyclic esters (lactones) is 1. The van der Waals surface area contributed by atoms with Gasteiger partial charge < -0.3 is 9.16 Å². The molecule has 29 heavy (non-hydrogen) atoms. The predicted octanol–water partition coefficient (Wildman–Crippen LogP) is 4.54. The van der Waals surface area contributed by atoms with Gasteiger partial charge in [-0.25, -0.2) is 0 Å². The molecule has 1 aliphatic rings. The van der Waals surface area contributed by atoms with E-state index in [9.17, 15) is 4.79 Å². The Morgan fingerprint density at radius 3 is 2.03 bits per heavy atom. The molecule has 1 heterocycles. The lowest BCUT2D eigenvalue weighted by molar-refractivity contribution is -0.142. The van der Waals surface area contributed by atoms with E-state index in [0.717, 1.165) is 19.3 Å². The Bertz CT molecular complexity index is 743. The molecule has 0 unspecified atom stereocenters. The minimum Gasteiger partial charge on any atom is -0.465 e. The van der Waals surface area contributed by atoms with Crippen LogP contribution in [0, 0.1) is 11.8 Å². The summed E-state index contributed by atoms with van der Waals surface area (Å²) in [6.45, 7) is 10.4. The van der Waals surface area contributed by atoms with Crippen LogP contribution in [0.1, 0.15) is 47.0 Å². The first kappa shape index (κ1) is 21.8. The van der Waals surface area contributed by atoms with Crippen molar-refractivity contribution in [1.82, 2.24) is 0 Å². The zero-order chi connectivity index (χ0) is 20.9. The fraction of sp³-hybridized carbons (Fsp3) is 0.480. The topological polar surface area (TPSA) is 35.5 Å². The Kier molecular flexibility index (Phi) is 6.96. The second-order valence-electron chi connectivity index (χ2n) is 9.19. The largest absolute Gasteiger partial charge is 0.465 e. The lowest BCUT2D eigenvalue weighted by Gasteiger charge is -2.43. The van der Waals surface area contributed by atoms with Gasteiger partial charge >= 0.3 is 5.97 Å². The number of rotatable bonds is 8. The Balaban J connectivity index is 1.80. The highest BCUT2D eigenvalue weighted by atomic mass is 28.4. The van der Waals surface area contributed by atoms with Gasteiger partial charge in [0, 0.05) is 6.61 Å². The molecule has 3 rings (SSSR count). The van der Waals surface area contributed by atoms with E-state index in [0.29, 0.717) is 19.1 Å². The summed E-state index contributed by atoms with van der Waals surface area (Å²) in [5, 5.41) is 2.62. The summed E-state index contributed by atoms with van der Waals surface area (Å²) in [4.78, 5) is 11.9. The third kappa shape index (κ3) is 4.64. The summed E-state index contributed by atoms with van der Waals surface area (Å²) in [6, 6.07) is 21.5. The van der Waals surface area contributed by atoms with Crippen LogP contribution in [0.25, 0.3) is 0 Å². The molecule has 0 saturated carbocycles.